The van der Waals surface area contributed by atoms with Gasteiger partial charge in [0.15, 0.2) is 0 Å². The number of benzene rings is 1. The minimum Gasteiger partial charge on any atom is -0.492 e. The van der Waals surface area contributed by atoms with Gasteiger partial charge in [-0.05, 0) is 50.8 Å². The number of halogens is 1. The third kappa shape index (κ3) is 6.03. The molecule has 1 fully saturated rings. The van der Waals surface area contributed by atoms with Crippen LogP contribution in [0.3, 0.4) is 0 Å². The molecule has 1 N–H and O–H groups in total. The number of likely N-dealkylation sites (tertiary alicyclic amines) is 1. The Bertz CT molecular complexity index is 669. The number of rotatable bonds is 7. The van der Waals surface area contributed by atoms with Gasteiger partial charge in [0.2, 0.25) is 5.91 Å². The van der Waals surface area contributed by atoms with Crippen molar-refractivity contribution in [3.63, 3.8) is 0 Å². The zero-order chi connectivity index (χ0) is 20.7. The summed E-state index contributed by atoms with van der Waals surface area (Å²) in [5.74, 6) is 0.907. The molecule has 0 radical (unpaired) electrons. The molecule has 3 amide bonds. The molecule has 1 aromatic carbocycles. The van der Waals surface area contributed by atoms with Gasteiger partial charge in [0, 0.05) is 37.8 Å². The SMILES string of the molecule is CCN(CC)C(=O)N1CCC(C(=O)Nc2ccc(OCC(C)C)c(Cl)c2)CC1. The van der Waals surface area contributed by atoms with Crippen LogP contribution in [0.5, 0.6) is 5.75 Å². The number of piperidine rings is 1. The van der Waals surface area contributed by atoms with Crippen LogP contribution in [0.1, 0.15) is 40.5 Å². The maximum absolute atomic E-state index is 12.6. The number of carbonyl (C=O) groups is 2. The molecule has 0 unspecified atom stereocenters. The first-order chi connectivity index (χ1) is 13.3. The van der Waals surface area contributed by atoms with E-state index >= 15 is 0 Å². The molecule has 1 saturated heterocycles. The van der Waals surface area contributed by atoms with Crippen molar-refractivity contribution in [1.29, 1.82) is 0 Å². The van der Waals surface area contributed by atoms with Gasteiger partial charge in [0.1, 0.15) is 5.75 Å². The maximum atomic E-state index is 12.6. The number of hydrogen-bond donors (Lipinski definition) is 1. The molecule has 28 heavy (non-hydrogen) atoms. The van der Waals surface area contributed by atoms with E-state index in [1.54, 1.807) is 18.2 Å². The predicted molar refractivity (Wildman–Crippen MR) is 113 cm³/mol. The van der Waals surface area contributed by atoms with Crippen LogP contribution in [0.2, 0.25) is 5.02 Å². The van der Waals surface area contributed by atoms with Gasteiger partial charge in [-0.1, -0.05) is 25.4 Å². The molecule has 1 aliphatic heterocycles. The molecule has 6 nitrogen and oxygen atoms in total. The number of ether oxygens (including phenoxy) is 1. The molecule has 0 aromatic heterocycles. The van der Waals surface area contributed by atoms with Crippen molar-refractivity contribution in [3.8, 4) is 5.75 Å². The molecule has 0 aliphatic carbocycles. The lowest BCUT2D eigenvalue weighted by Crippen LogP contribution is -2.47. The van der Waals surface area contributed by atoms with E-state index in [9.17, 15) is 9.59 Å². The van der Waals surface area contributed by atoms with Crippen LogP contribution < -0.4 is 10.1 Å². The van der Waals surface area contributed by atoms with Crippen molar-refractivity contribution >= 4 is 29.2 Å². The fourth-order valence-corrected chi connectivity index (χ4v) is 3.46. The lowest BCUT2D eigenvalue weighted by atomic mass is 9.96. The topological polar surface area (TPSA) is 61.9 Å². The minimum absolute atomic E-state index is 0.0261. The first-order valence-electron chi connectivity index (χ1n) is 10.1. The van der Waals surface area contributed by atoms with Crippen LogP contribution in [0.15, 0.2) is 18.2 Å². The highest BCUT2D eigenvalue weighted by Crippen LogP contribution is 2.29. The van der Waals surface area contributed by atoms with E-state index in [2.05, 4.69) is 19.2 Å². The number of amides is 3. The van der Waals surface area contributed by atoms with Gasteiger partial charge in [-0.3, -0.25) is 4.79 Å². The number of hydrogen-bond acceptors (Lipinski definition) is 3. The lowest BCUT2D eigenvalue weighted by molar-refractivity contribution is -0.121. The summed E-state index contributed by atoms with van der Waals surface area (Å²) in [5.41, 5.74) is 0.661. The molecule has 1 aliphatic rings. The van der Waals surface area contributed by atoms with Crippen molar-refractivity contribution in [2.75, 3.05) is 38.1 Å². The Hall–Kier alpha value is -1.95. The Balaban J connectivity index is 1.87. The summed E-state index contributed by atoms with van der Waals surface area (Å²) in [4.78, 5) is 28.7. The fourth-order valence-electron chi connectivity index (χ4n) is 3.22. The maximum Gasteiger partial charge on any atom is 0.319 e. The predicted octanol–water partition coefficient (Wildman–Crippen LogP) is 4.49. The van der Waals surface area contributed by atoms with Crippen LogP contribution in [0.4, 0.5) is 10.5 Å². The molecular formula is C21H32ClN3O3. The molecule has 156 valence electrons. The van der Waals surface area contributed by atoms with Crippen molar-refractivity contribution in [2.24, 2.45) is 11.8 Å². The first kappa shape index (κ1) is 22.3. The molecular weight excluding hydrogens is 378 g/mol. The number of anilines is 1. The van der Waals surface area contributed by atoms with Crippen molar-refractivity contribution < 1.29 is 14.3 Å². The van der Waals surface area contributed by atoms with E-state index in [0.717, 1.165) is 0 Å². The van der Waals surface area contributed by atoms with E-state index in [0.29, 0.717) is 68.0 Å². The molecule has 1 aromatic rings. The first-order valence-corrected chi connectivity index (χ1v) is 10.5. The third-order valence-electron chi connectivity index (χ3n) is 4.94. The Kier molecular flexibility index (Phi) is 8.42. The molecule has 0 bridgehead atoms. The van der Waals surface area contributed by atoms with Gasteiger partial charge >= 0.3 is 6.03 Å². The zero-order valence-electron chi connectivity index (χ0n) is 17.3. The van der Waals surface area contributed by atoms with Crippen LogP contribution >= 0.6 is 11.6 Å². The normalized spacial score (nSPS) is 14.9. The highest BCUT2D eigenvalue weighted by atomic mass is 35.5. The van der Waals surface area contributed by atoms with E-state index in [1.807, 2.05) is 23.6 Å². The third-order valence-corrected chi connectivity index (χ3v) is 5.24. The average molecular weight is 410 g/mol. The van der Waals surface area contributed by atoms with Gasteiger partial charge in [-0.2, -0.15) is 0 Å². The van der Waals surface area contributed by atoms with Crippen molar-refractivity contribution in [1.82, 2.24) is 9.80 Å². The highest BCUT2D eigenvalue weighted by molar-refractivity contribution is 6.32. The number of nitrogens with zero attached hydrogens (tertiary/aromatic N) is 2. The summed E-state index contributed by atoms with van der Waals surface area (Å²) in [5, 5.41) is 3.43. The zero-order valence-corrected chi connectivity index (χ0v) is 18.1. The van der Waals surface area contributed by atoms with Crippen LogP contribution in [-0.2, 0) is 4.79 Å². The van der Waals surface area contributed by atoms with Gasteiger partial charge in [0.05, 0.1) is 11.6 Å². The summed E-state index contributed by atoms with van der Waals surface area (Å²) in [6.07, 6.45) is 1.34. The largest absolute Gasteiger partial charge is 0.492 e. The smallest absolute Gasteiger partial charge is 0.319 e. The van der Waals surface area contributed by atoms with Crippen LogP contribution in [0, 0.1) is 11.8 Å². The summed E-state index contributed by atoms with van der Waals surface area (Å²) >= 11 is 6.27. The second-order valence-corrected chi connectivity index (χ2v) is 7.96. The molecule has 1 heterocycles. The monoisotopic (exact) mass is 409 g/mol. The number of nitrogens with one attached hydrogen (secondary N) is 1. The van der Waals surface area contributed by atoms with Crippen LogP contribution in [0.25, 0.3) is 0 Å². The van der Waals surface area contributed by atoms with Crippen molar-refractivity contribution in [3.05, 3.63) is 23.2 Å². The summed E-state index contributed by atoms with van der Waals surface area (Å²) in [7, 11) is 0. The van der Waals surface area contributed by atoms with Crippen molar-refractivity contribution in [2.45, 2.75) is 40.5 Å². The van der Waals surface area contributed by atoms with Crippen LogP contribution in [-0.4, -0.2) is 54.5 Å². The fraction of sp³-hybridized carbons (Fsp3) is 0.619. The molecule has 7 heteroatoms. The van der Waals surface area contributed by atoms with Gasteiger partial charge < -0.3 is 19.9 Å². The van der Waals surface area contributed by atoms with Gasteiger partial charge in [0.25, 0.3) is 0 Å². The summed E-state index contributed by atoms with van der Waals surface area (Å²) in [6.45, 7) is 11.3. The second kappa shape index (κ2) is 10.6. The standard InChI is InChI=1S/C21H32ClN3O3/c1-5-24(6-2)21(27)25-11-9-16(10-12-25)20(26)23-17-7-8-19(18(22)13-17)28-14-15(3)4/h7-8,13,15-16H,5-6,9-12,14H2,1-4H3,(H,23,26). The van der Waals surface area contributed by atoms with E-state index in [4.69, 9.17) is 16.3 Å². The summed E-state index contributed by atoms with van der Waals surface area (Å²) < 4.78 is 5.66. The second-order valence-electron chi connectivity index (χ2n) is 7.56. The van der Waals surface area contributed by atoms with Gasteiger partial charge in [-0.15, -0.1) is 0 Å². The summed E-state index contributed by atoms with van der Waals surface area (Å²) in [6, 6.07) is 5.37. The quantitative estimate of drug-likeness (QED) is 0.721. The Morgan fingerprint density at radius 1 is 1.25 bits per heavy atom. The number of carbonyl (C=O) groups excluding carboxylic acids is 2. The lowest BCUT2D eigenvalue weighted by Gasteiger charge is -2.34. The molecule has 2 rings (SSSR count). The molecule has 0 saturated carbocycles. The number of urea groups is 1. The minimum atomic E-state index is -0.101. The average Bonchev–Trinajstić information content (AvgIpc) is 2.68. The van der Waals surface area contributed by atoms with Gasteiger partial charge in [-0.25, -0.2) is 4.79 Å². The van der Waals surface area contributed by atoms with E-state index < -0.39 is 0 Å². The van der Waals surface area contributed by atoms with E-state index in [1.165, 1.54) is 0 Å². The Labute approximate surface area is 173 Å². The molecule has 0 spiro atoms. The Morgan fingerprint density at radius 3 is 2.43 bits per heavy atom. The Morgan fingerprint density at radius 2 is 1.89 bits per heavy atom. The highest BCUT2D eigenvalue weighted by Gasteiger charge is 2.29. The van der Waals surface area contributed by atoms with E-state index in [-0.39, 0.29) is 17.9 Å². The molecule has 0 atom stereocenters.